The molecule has 0 aromatic rings. The van der Waals surface area contributed by atoms with Crippen molar-refractivity contribution in [3.8, 4) is 0 Å². The molecule has 0 radical (unpaired) electrons. The summed E-state index contributed by atoms with van der Waals surface area (Å²) in [7, 11) is 0. The van der Waals surface area contributed by atoms with Crippen LogP contribution >= 0.6 is 0 Å². The first-order valence-electron chi connectivity index (χ1n) is 7.09. The van der Waals surface area contributed by atoms with Gasteiger partial charge in [-0.05, 0) is 35.0 Å². The molecule has 1 heteroatoms. The molecule has 0 amide bonds. The maximum atomic E-state index is 6.14. The summed E-state index contributed by atoms with van der Waals surface area (Å²) in [6.07, 6.45) is 2.92. The minimum Gasteiger partial charge on any atom is -0.377 e. The van der Waals surface area contributed by atoms with Crippen molar-refractivity contribution in [2.45, 2.75) is 74.3 Å². The summed E-state index contributed by atoms with van der Waals surface area (Å²) in [6.45, 7) is 19.8. The molecule has 1 aliphatic rings. The monoisotopic (exact) mass is 240 g/mol. The lowest BCUT2D eigenvalue weighted by Crippen LogP contribution is -2.50. The van der Waals surface area contributed by atoms with Crippen molar-refractivity contribution in [1.82, 2.24) is 0 Å². The molecule has 1 heterocycles. The van der Waals surface area contributed by atoms with E-state index < -0.39 is 0 Å². The summed E-state index contributed by atoms with van der Waals surface area (Å²) in [6, 6.07) is 0. The molecule has 1 fully saturated rings. The lowest BCUT2D eigenvalue weighted by atomic mass is 9.56. The molecule has 0 N–H and O–H groups in total. The number of hydrogen-bond donors (Lipinski definition) is 0. The number of hydrogen-bond acceptors (Lipinski definition) is 1. The summed E-state index contributed by atoms with van der Waals surface area (Å²) < 4.78 is 6.14. The molecule has 0 aromatic heterocycles. The van der Waals surface area contributed by atoms with Crippen LogP contribution in [0, 0.1) is 22.2 Å². The van der Waals surface area contributed by atoms with E-state index in [1.807, 2.05) is 0 Å². The van der Waals surface area contributed by atoms with Crippen molar-refractivity contribution in [2.24, 2.45) is 22.2 Å². The number of rotatable bonds is 1. The zero-order valence-corrected chi connectivity index (χ0v) is 13.2. The first-order chi connectivity index (χ1) is 7.48. The first kappa shape index (κ1) is 15.0. The Bertz CT molecular complexity index is 252. The van der Waals surface area contributed by atoms with E-state index in [2.05, 4.69) is 55.4 Å². The molecular weight excluding hydrogens is 208 g/mol. The molecule has 2 atom stereocenters. The summed E-state index contributed by atoms with van der Waals surface area (Å²) in [5.74, 6) is 0.663. The molecule has 2 unspecified atom stereocenters. The molecule has 1 aliphatic heterocycles. The van der Waals surface area contributed by atoms with Gasteiger partial charge in [-0.15, -0.1) is 0 Å². The molecule has 0 aliphatic carbocycles. The van der Waals surface area contributed by atoms with Gasteiger partial charge in [-0.2, -0.15) is 0 Å². The zero-order valence-electron chi connectivity index (χ0n) is 13.2. The summed E-state index contributed by atoms with van der Waals surface area (Å²) in [5, 5.41) is 0. The average Bonchev–Trinajstić information content (AvgIpc) is 2.14. The largest absolute Gasteiger partial charge is 0.377 e. The van der Waals surface area contributed by atoms with Crippen LogP contribution in [0.3, 0.4) is 0 Å². The highest BCUT2D eigenvalue weighted by Gasteiger charge is 2.48. The Kier molecular flexibility index (Phi) is 4.04. The van der Waals surface area contributed by atoms with Crippen LogP contribution in [0.15, 0.2) is 0 Å². The quantitative estimate of drug-likeness (QED) is 0.633. The molecule has 0 saturated carbocycles. The normalized spacial score (nSPS) is 28.2. The van der Waals surface area contributed by atoms with E-state index in [4.69, 9.17) is 4.74 Å². The minimum absolute atomic E-state index is 0.244. The molecule has 17 heavy (non-hydrogen) atoms. The van der Waals surface area contributed by atoms with E-state index in [9.17, 15) is 0 Å². The summed E-state index contributed by atoms with van der Waals surface area (Å²) in [4.78, 5) is 0. The van der Waals surface area contributed by atoms with Gasteiger partial charge in [-0.3, -0.25) is 0 Å². The van der Waals surface area contributed by atoms with Crippen molar-refractivity contribution < 1.29 is 4.74 Å². The molecule has 0 bridgehead atoms. The first-order valence-corrected chi connectivity index (χ1v) is 7.09. The van der Waals surface area contributed by atoms with E-state index in [1.165, 1.54) is 12.8 Å². The van der Waals surface area contributed by atoms with Crippen molar-refractivity contribution in [3.63, 3.8) is 0 Å². The topological polar surface area (TPSA) is 9.23 Å². The lowest BCUT2D eigenvalue weighted by Gasteiger charge is -2.52. The van der Waals surface area contributed by atoms with Gasteiger partial charge in [0.2, 0.25) is 0 Å². The molecular formula is C16H32O. The second-order valence-electron chi connectivity index (χ2n) is 8.38. The maximum absolute atomic E-state index is 6.14. The highest BCUT2D eigenvalue weighted by Crippen LogP contribution is 2.51. The Labute approximate surface area is 108 Å². The Morgan fingerprint density at radius 1 is 0.882 bits per heavy atom. The Morgan fingerprint density at radius 2 is 1.41 bits per heavy atom. The zero-order chi connectivity index (χ0) is 13.5. The fourth-order valence-corrected chi connectivity index (χ4v) is 2.93. The van der Waals surface area contributed by atoms with E-state index in [1.54, 1.807) is 0 Å². The van der Waals surface area contributed by atoms with Crippen molar-refractivity contribution >= 4 is 0 Å². The molecule has 102 valence electrons. The van der Waals surface area contributed by atoms with E-state index >= 15 is 0 Å². The van der Waals surface area contributed by atoms with E-state index in [0.717, 1.165) is 6.61 Å². The third-order valence-corrected chi connectivity index (χ3v) is 5.04. The van der Waals surface area contributed by atoms with E-state index in [-0.39, 0.29) is 5.41 Å². The fraction of sp³-hybridized carbons (Fsp3) is 1.00. The highest BCUT2D eigenvalue weighted by atomic mass is 16.5. The van der Waals surface area contributed by atoms with Gasteiger partial charge >= 0.3 is 0 Å². The van der Waals surface area contributed by atoms with Crippen LogP contribution in [0.1, 0.15) is 68.2 Å². The second kappa shape index (κ2) is 4.57. The molecule has 0 spiro atoms. The van der Waals surface area contributed by atoms with Crippen LogP contribution in [0.2, 0.25) is 0 Å². The highest BCUT2D eigenvalue weighted by molar-refractivity contribution is 4.96. The maximum Gasteiger partial charge on any atom is 0.0656 e. The van der Waals surface area contributed by atoms with Crippen LogP contribution in [-0.2, 0) is 4.74 Å². The van der Waals surface area contributed by atoms with Crippen molar-refractivity contribution in [2.75, 3.05) is 6.61 Å². The Balaban J connectivity index is 3.00. The van der Waals surface area contributed by atoms with Gasteiger partial charge < -0.3 is 4.74 Å². The molecule has 1 saturated heterocycles. The molecule has 0 aromatic carbocycles. The summed E-state index contributed by atoms with van der Waals surface area (Å²) in [5.41, 5.74) is 0.876. The SMILES string of the molecule is CC(C)(C)C1OCCCC1C(C)(C)C(C)(C)C. The van der Waals surface area contributed by atoms with Crippen LogP contribution < -0.4 is 0 Å². The van der Waals surface area contributed by atoms with Gasteiger partial charge in [0.1, 0.15) is 0 Å². The Morgan fingerprint density at radius 3 is 1.82 bits per heavy atom. The van der Waals surface area contributed by atoms with Gasteiger partial charge in [0.05, 0.1) is 6.10 Å². The van der Waals surface area contributed by atoms with Crippen LogP contribution in [0.4, 0.5) is 0 Å². The molecule has 1 rings (SSSR count). The predicted octanol–water partition coefficient (Wildman–Crippen LogP) is 4.90. The van der Waals surface area contributed by atoms with Crippen LogP contribution in [0.5, 0.6) is 0 Å². The van der Waals surface area contributed by atoms with Gasteiger partial charge in [0.15, 0.2) is 0 Å². The van der Waals surface area contributed by atoms with Crippen molar-refractivity contribution in [1.29, 1.82) is 0 Å². The van der Waals surface area contributed by atoms with Gasteiger partial charge in [0, 0.05) is 6.61 Å². The van der Waals surface area contributed by atoms with Gasteiger partial charge in [-0.1, -0.05) is 55.4 Å². The van der Waals surface area contributed by atoms with Gasteiger partial charge in [0.25, 0.3) is 0 Å². The number of ether oxygens (including phenoxy) is 1. The molecule has 1 nitrogen and oxygen atoms in total. The van der Waals surface area contributed by atoms with E-state index in [0.29, 0.717) is 22.9 Å². The fourth-order valence-electron chi connectivity index (χ4n) is 2.93. The van der Waals surface area contributed by atoms with Crippen molar-refractivity contribution in [3.05, 3.63) is 0 Å². The Hall–Kier alpha value is -0.0400. The van der Waals surface area contributed by atoms with Gasteiger partial charge in [-0.25, -0.2) is 0 Å². The lowest BCUT2D eigenvalue weighted by molar-refractivity contribution is -0.140. The van der Waals surface area contributed by atoms with Crippen LogP contribution in [0.25, 0.3) is 0 Å². The van der Waals surface area contributed by atoms with Crippen LogP contribution in [-0.4, -0.2) is 12.7 Å². The minimum atomic E-state index is 0.244. The standard InChI is InChI=1S/C16H32O/c1-14(2,3)13-12(10-9-11-17-13)16(7,8)15(4,5)6/h12-13H,9-11H2,1-8H3. The average molecular weight is 240 g/mol. The summed E-state index contributed by atoms with van der Waals surface area (Å²) >= 11 is 0. The predicted molar refractivity (Wildman–Crippen MR) is 75.2 cm³/mol. The third kappa shape index (κ3) is 3.05. The second-order valence-corrected chi connectivity index (χ2v) is 8.38. The third-order valence-electron chi connectivity index (χ3n) is 5.04. The smallest absolute Gasteiger partial charge is 0.0656 e.